The Morgan fingerprint density at radius 3 is 2.52 bits per heavy atom. The second kappa shape index (κ2) is 6.11. The standard InChI is InChI=1S/C20H20O/c1-15-18-10-6-5-9-17(18)12-13-19(15)20(21)14-11-16-7-3-2-4-8-16/h2-10,12-13,19-21H,1,11,14H2/t19?,20-/m1/s1. The third-order valence-corrected chi connectivity index (χ3v) is 4.18. The van der Waals surface area contributed by atoms with Gasteiger partial charge in [-0.25, -0.2) is 0 Å². The van der Waals surface area contributed by atoms with Gasteiger partial charge in [0.2, 0.25) is 0 Å². The van der Waals surface area contributed by atoms with E-state index in [1.165, 1.54) is 11.1 Å². The van der Waals surface area contributed by atoms with E-state index in [1.807, 2.05) is 30.3 Å². The van der Waals surface area contributed by atoms with Crippen LogP contribution in [0.25, 0.3) is 11.6 Å². The topological polar surface area (TPSA) is 20.2 Å². The summed E-state index contributed by atoms with van der Waals surface area (Å²) < 4.78 is 0. The Labute approximate surface area is 126 Å². The van der Waals surface area contributed by atoms with Crippen molar-refractivity contribution >= 4 is 11.6 Å². The average Bonchev–Trinajstić information content (AvgIpc) is 2.54. The second-order valence-electron chi connectivity index (χ2n) is 5.59. The van der Waals surface area contributed by atoms with Gasteiger partial charge in [0.15, 0.2) is 0 Å². The van der Waals surface area contributed by atoms with E-state index in [4.69, 9.17) is 0 Å². The molecule has 1 aliphatic carbocycles. The quantitative estimate of drug-likeness (QED) is 0.881. The molecule has 21 heavy (non-hydrogen) atoms. The van der Waals surface area contributed by atoms with Crippen molar-refractivity contribution in [1.82, 2.24) is 0 Å². The fourth-order valence-electron chi connectivity index (χ4n) is 2.94. The number of aryl methyl sites for hydroxylation is 1. The number of benzene rings is 2. The van der Waals surface area contributed by atoms with Gasteiger partial charge >= 0.3 is 0 Å². The molecule has 0 aliphatic heterocycles. The van der Waals surface area contributed by atoms with E-state index >= 15 is 0 Å². The van der Waals surface area contributed by atoms with Crippen LogP contribution in [0.1, 0.15) is 23.1 Å². The van der Waals surface area contributed by atoms with Crippen molar-refractivity contribution in [1.29, 1.82) is 0 Å². The molecule has 0 spiro atoms. The zero-order valence-electron chi connectivity index (χ0n) is 12.1. The molecule has 0 aromatic heterocycles. The number of hydrogen-bond acceptors (Lipinski definition) is 1. The monoisotopic (exact) mass is 276 g/mol. The lowest BCUT2D eigenvalue weighted by molar-refractivity contribution is 0.143. The molecule has 1 nitrogen and oxygen atoms in total. The third-order valence-electron chi connectivity index (χ3n) is 4.18. The van der Waals surface area contributed by atoms with E-state index in [1.54, 1.807) is 0 Å². The van der Waals surface area contributed by atoms with Crippen molar-refractivity contribution < 1.29 is 5.11 Å². The molecule has 2 aromatic carbocycles. The van der Waals surface area contributed by atoms with Crippen molar-refractivity contribution in [3.8, 4) is 0 Å². The first kappa shape index (κ1) is 13.8. The van der Waals surface area contributed by atoms with Crippen LogP contribution in [0.5, 0.6) is 0 Å². The highest BCUT2D eigenvalue weighted by Gasteiger charge is 2.24. The number of aliphatic hydroxyl groups is 1. The van der Waals surface area contributed by atoms with Gasteiger partial charge in [0, 0.05) is 5.92 Å². The Balaban J connectivity index is 1.69. The van der Waals surface area contributed by atoms with E-state index in [9.17, 15) is 5.11 Å². The summed E-state index contributed by atoms with van der Waals surface area (Å²) in [6.07, 6.45) is 5.43. The Bertz CT molecular complexity index is 655. The largest absolute Gasteiger partial charge is 0.392 e. The van der Waals surface area contributed by atoms with Crippen LogP contribution in [0.4, 0.5) is 0 Å². The van der Waals surface area contributed by atoms with Gasteiger partial charge in [-0.1, -0.05) is 73.3 Å². The van der Waals surface area contributed by atoms with Crippen LogP contribution < -0.4 is 0 Å². The zero-order valence-corrected chi connectivity index (χ0v) is 12.1. The Morgan fingerprint density at radius 2 is 1.71 bits per heavy atom. The summed E-state index contributed by atoms with van der Waals surface area (Å²) in [5, 5.41) is 10.5. The summed E-state index contributed by atoms with van der Waals surface area (Å²) in [5.74, 6) is 0.0172. The molecule has 0 radical (unpaired) electrons. The third kappa shape index (κ3) is 2.98. The lowest BCUT2D eigenvalue weighted by Crippen LogP contribution is -2.22. The van der Waals surface area contributed by atoms with Gasteiger partial charge in [0.25, 0.3) is 0 Å². The maximum Gasteiger partial charge on any atom is 0.0646 e. The Kier molecular flexibility index (Phi) is 4.03. The summed E-state index contributed by atoms with van der Waals surface area (Å²) in [5.41, 5.74) is 4.63. The first-order chi connectivity index (χ1) is 10.3. The summed E-state index contributed by atoms with van der Waals surface area (Å²) in [4.78, 5) is 0. The molecule has 1 unspecified atom stereocenters. The van der Waals surface area contributed by atoms with Crippen LogP contribution >= 0.6 is 0 Å². The van der Waals surface area contributed by atoms with Crippen LogP contribution in [0.3, 0.4) is 0 Å². The van der Waals surface area contributed by atoms with E-state index < -0.39 is 0 Å². The van der Waals surface area contributed by atoms with Gasteiger partial charge < -0.3 is 5.11 Å². The van der Waals surface area contributed by atoms with E-state index in [0.29, 0.717) is 0 Å². The first-order valence-corrected chi connectivity index (χ1v) is 7.44. The van der Waals surface area contributed by atoms with Gasteiger partial charge in [0.05, 0.1) is 6.10 Å². The van der Waals surface area contributed by atoms with Crippen LogP contribution in [-0.2, 0) is 6.42 Å². The molecule has 1 N–H and O–H groups in total. The molecule has 3 rings (SSSR count). The number of hydrogen-bond donors (Lipinski definition) is 1. The highest BCUT2D eigenvalue weighted by Crippen LogP contribution is 2.34. The minimum Gasteiger partial charge on any atom is -0.392 e. The molecule has 2 atom stereocenters. The van der Waals surface area contributed by atoms with Crippen molar-refractivity contribution in [2.75, 3.05) is 0 Å². The molecule has 2 aromatic rings. The summed E-state index contributed by atoms with van der Waals surface area (Å²) >= 11 is 0. The molecule has 0 saturated heterocycles. The Morgan fingerprint density at radius 1 is 1.00 bits per heavy atom. The number of rotatable bonds is 4. The highest BCUT2D eigenvalue weighted by molar-refractivity contribution is 5.79. The fraction of sp³-hybridized carbons (Fsp3) is 0.200. The molecular weight excluding hydrogens is 256 g/mol. The fourth-order valence-corrected chi connectivity index (χ4v) is 2.94. The molecule has 0 heterocycles. The van der Waals surface area contributed by atoms with Crippen LogP contribution in [0.15, 0.2) is 67.3 Å². The maximum absolute atomic E-state index is 10.5. The van der Waals surface area contributed by atoms with Crippen molar-refractivity contribution in [2.24, 2.45) is 5.92 Å². The maximum atomic E-state index is 10.5. The second-order valence-corrected chi connectivity index (χ2v) is 5.59. The van der Waals surface area contributed by atoms with Crippen LogP contribution in [0, 0.1) is 5.92 Å². The predicted molar refractivity (Wildman–Crippen MR) is 88.8 cm³/mol. The molecule has 106 valence electrons. The highest BCUT2D eigenvalue weighted by atomic mass is 16.3. The van der Waals surface area contributed by atoms with Crippen molar-refractivity contribution in [3.63, 3.8) is 0 Å². The SMILES string of the molecule is C=C1c2ccccc2C=CC1[C@H](O)CCc1ccccc1. The minimum atomic E-state index is -0.387. The summed E-state index contributed by atoms with van der Waals surface area (Å²) in [6, 6.07) is 18.5. The number of fused-ring (bicyclic) bond motifs is 1. The lowest BCUT2D eigenvalue weighted by atomic mass is 9.81. The minimum absolute atomic E-state index is 0.0172. The summed E-state index contributed by atoms with van der Waals surface area (Å²) in [7, 11) is 0. The molecule has 1 heteroatoms. The van der Waals surface area contributed by atoms with E-state index in [2.05, 4.69) is 43.0 Å². The number of aliphatic hydroxyl groups excluding tert-OH is 1. The lowest BCUT2D eigenvalue weighted by Gasteiger charge is -2.26. The van der Waals surface area contributed by atoms with E-state index in [-0.39, 0.29) is 12.0 Å². The molecule has 0 amide bonds. The van der Waals surface area contributed by atoms with Gasteiger partial charge in [0.1, 0.15) is 0 Å². The molecule has 0 saturated carbocycles. The Hall–Kier alpha value is -2.12. The summed E-state index contributed by atoms with van der Waals surface area (Å²) in [6.45, 7) is 4.20. The predicted octanol–water partition coefficient (Wildman–Crippen LogP) is 4.34. The molecule has 0 bridgehead atoms. The van der Waals surface area contributed by atoms with Gasteiger partial charge in [-0.2, -0.15) is 0 Å². The molecule has 0 fully saturated rings. The van der Waals surface area contributed by atoms with Gasteiger partial charge in [-0.15, -0.1) is 0 Å². The average molecular weight is 276 g/mol. The smallest absolute Gasteiger partial charge is 0.0646 e. The van der Waals surface area contributed by atoms with Crippen molar-refractivity contribution in [2.45, 2.75) is 18.9 Å². The van der Waals surface area contributed by atoms with Crippen LogP contribution in [0.2, 0.25) is 0 Å². The molecular formula is C20H20O. The van der Waals surface area contributed by atoms with Crippen molar-refractivity contribution in [3.05, 3.63) is 83.9 Å². The van der Waals surface area contributed by atoms with Crippen LogP contribution in [-0.4, -0.2) is 11.2 Å². The zero-order chi connectivity index (χ0) is 14.7. The van der Waals surface area contributed by atoms with Gasteiger partial charge in [-0.3, -0.25) is 0 Å². The van der Waals surface area contributed by atoms with Gasteiger partial charge in [-0.05, 0) is 35.1 Å². The molecule has 1 aliphatic rings. The first-order valence-electron chi connectivity index (χ1n) is 7.44. The normalized spacial score (nSPS) is 18.3. The van der Waals surface area contributed by atoms with E-state index in [0.717, 1.165) is 24.0 Å².